The summed E-state index contributed by atoms with van der Waals surface area (Å²) < 4.78 is 26.2. The van der Waals surface area contributed by atoms with Crippen LogP contribution in [0.2, 0.25) is 0 Å². The molecule has 1 atom stereocenters. The molecule has 1 aliphatic rings. The van der Waals surface area contributed by atoms with Crippen molar-refractivity contribution in [2.75, 3.05) is 13.1 Å². The first-order valence-corrected chi connectivity index (χ1v) is 7.16. The zero-order chi connectivity index (χ0) is 13.3. The number of rotatable bonds is 2. The molecular formula is C12H16ClN3O2S. The van der Waals surface area contributed by atoms with Gasteiger partial charge in [0.25, 0.3) is 0 Å². The van der Waals surface area contributed by atoms with Crippen molar-refractivity contribution >= 4 is 22.4 Å². The molecule has 0 aromatic heterocycles. The molecular weight excluding hydrogens is 286 g/mol. The molecule has 1 aliphatic heterocycles. The Bertz CT molecular complexity index is 610. The highest BCUT2D eigenvalue weighted by molar-refractivity contribution is 7.89. The van der Waals surface area contributed by atoms with Crippen molar-refractivity contribution in [3.05, 3.63) is 29.3 Å². The predicted octanol–water partition coefficient (Wildman–Crippen LogP) is 1.01. The first-order valence-electron chi connectivity index (χ1n) is 5.72. The molecule has 1 aromatic rings. The van der Waals surface area contributed by atoms with Gasteiger partial charge in [-0.2, -0.15) is 9.57 Å². The third-order valence-electron chi connectivity index (χ3n) is 3.15. The van der Waals surface area contributed by atoms with Gasteiger partial charge in [-0.15, -0.1) is 12.4 Å². The molecule has 0 unspecified atom stereocenters. The van der Waals surface area contributed by atoms with Crippen LogP contribution in [-0.2, 0) is 10.0 Å². The van der Waals surface area contributed by atoms with Crippen molar-refractivity contribution in [2.24, 2.45) is 5.73 Å². The highest BCUT2D eigenvalue weighted by Crippen LogP contribution is 2.24. The van der Waals surface area contributed by atoms with Crippen LogP contribution >= 0.6 is 12.4 Å². The lowest BCUT2D eigenvalue weighted by atomic mass is 10.1. The Morgan fingerprint density at radius 1 is 1.47 bits per heavy atom. The Kier molecular flexibility index (Phi) is 4.93. The van der Waals surface area contributed by atoms with Gasteiger partial charge in [-0.3, -0.25) is 0 Å². The van der Waals surface area contributed by atoms with Crippen molar-refractivity contribution in [3.63, 3.8) is 0 Å². The van der Waals surface area contributed by atoms with Crippen molar-refractivity contribution in [1.82, 2.24) is 4.31 Å². The van der Waals surface area contributed by atoms with E-state index >= 15 is 0 Å². The van der Waals surface area contributed by atoms with Crippen LogP contribution in [0.15, 0.2) is 23.1 Å². The molecule has 5 nitrogen and oxygen atoms in total. The van der Waals surface area contributed by atoms with E-state index < -0.39 is 10.0 Å². The number of halogens is 1. The highest BCUT2D eigenvalue weighted by Gasteiger charge is 2.32. The van der Waals surface area contributed by atoms with Crippen LogP contribution in [-0.4, -0.2) is 31.9 Å². The molecule has 0 saturated carbocycles. The lowest BCUT2D eigenvalue weighted by Gasteiger charge is -2.17. The zero-order valence-electron chi connectivity index (χ0n) is 10.5. The lowest BCUT2D eigenvalue weighted by Crippen LogP contribution is -2.32. The minimum absolute atomic E-state index is 0. The Morgan fingerprint density at radius 2 is 2.16 bits per heavy atom. The second-order valence-electron chi connectivity index (χ2n) is 4.47. The Balaban J connectivity index is 0.00000180. The number of sulfonamides is 1. The predicted molar refractivity (Wildman–Crippen MR) is 74.5 cm³/mol. The number of nitriles is 1. The molecule has 0 amide bonds. The van der Waals surface area contributed by atoms with Gasteiger partial charge in [0.05, 0.1) is 5.56 Å². The minimum Gasteiger partial charge on any atom is -0.326 e. The van der Waals surface area contributed by atoms with Crippen molar-refractivity contribution in [2.45, 2.75) is 24.3 Å². The largest absolute Gasteiger partial charge is 0.326 e. The highest BCUT2D eigenvalue weighted by atomic mass is 35.5. The number of hydrogen-bond acceptors (Lipinski definition) is 4. The first-order chi connectivity index (χ1) is 8.46. The maximum Gasteiger partial charge on any atom is 0.244 e. The van der Waals surface area contributed by atoms with E-state index in [-0.39, 0.29) is 28.9 Å². The number of hydrogen-bond donors (Lipinski definition) is 1. The smallest absolute Gasteiger partial charge is 0.244 e. The Labute approximate surface area is 119 Å². The summed E-state index contributed by atoms with van der Waals surface area (Å²) in [5, 5.41) is 9.10. The molecule has 2 N–H and O–H groups in total. The molecule has 0 spiro atoms. The molecule has 1 fully saturated rings. The zero-order valence-corrected chi connectivity index (χ0v) is 12.2. The van der Waals surface area contributed by atoms with Crippen molar-refractivity contribution < 1.29 is 8.42 Å². The molecule has 19 heavy (non-hydrogen) atoms. The van der Waals surface area contributed by atoms with Gasteiger partial charge in [0, 0.05) is 19.1 Å². The quantitative estimate of drug-likeness (QED) is 0.883. The second kappa shape index (κ2) is 5.88. The van der Waals surface area contributed by atoms with Gasteiger partial charge in [0.2, 0.25) is 10.0 Å². The maximum atomic E-state index is 12.4. The number of benzene rings is 1. The molecule has 104 valence electrons. The van der Waals surface area contributed by atoms with Crippen molar-refractivity contribution in [3.8, 4) is 6.07 Å². The Hall–Kier alpha value is -1.13. The average molecular weight is 302 g/mol. The summed E-state index contributed by atoms with van der Waals surface area (Å²) in [6.07, 6.45) is 0.660. The lowest BCUT2D eigenvalue weighted by molar-refractivity contribution is 0.472. The third-order valence-corrected chi connectivity index (χ3v) is 5.06. The third kappa shape index (κ3) is 2.90. The summed E-state index contributed by atoms with van der Waals surface area (Å²) in [6, 6.07) is 6.71. The van der Waals surface area contributed by atoms with Gasteiger partial charge in [-0.25, -0.2) is 8.42 Å². The molecule has 1 aromatic carbocycles. The fraction of sp³-hybridized carbons (Fsp3) is 0.417. The number of nitrogens with two attached hydrogens (primary N) is 1. The van der Waals surface area contributed by atoms with Crippen LogP contribution < -0.4 is 5.73 Å². The van der Waals surface area contributed by atoms with E-state index in [2.05, 4.69) is 0 Å². The van der Waals surface area contributed by atoms with Crippen LogP contribution in [0, 0.1) is 18.3 Å². The van der Waals surface area contributed by atoms with Crippen LogP contribution in [0.3, 0.4) is 0 Å². The van der Waals surface area contributed by atoms with Gasteiger partial charge < -0.3 is 5.73 Å². The summed E-state index contributed by atoms with van der Waals surface area (Å²) >= 11 is 0. The van der Waals surface area contributed by atoms with E-state index in [0.717, 1.165) is 0 Å². The minimum atomic E-state index is -3.61. The first kappa shape index (κ1) is 15.9. The standard InChI is InChI=1S/C12H15N3O2S.ClH/c1-9-3-2-4-12(11(9)7-13)18(16,17)15-6-5-10(14)8-15;/h2-4,10H,5-6,8,14H2,1H3;1H/t10-;/m0./s1. The SMILES string of the molecule is Cc1cccc(S(=O)(=O)N2CC[C@H](N)C2)c1C#N.Cl. The van der Waals surface area contributed by atoms with E-state index in [0.29, 0.717) is 25.1 Å². The molecule has 1 saturated heterocycles. The topological polar surface area (TPSA) is 87.2 Å². The monoisotopic (exact) mass is 301 g/mol. The van der Waals surface area contributed by atoms with Crippen molar-refractivity contribution in [1.29, 1.82) is 5.26 Å². The van der Waals surface area contributed by atoms with E-state index in [1.807, 2.05) is 6.07 Å². The summed E-state index contributed by atoms with van der Waals surface area (Å²) in [7, 11) is -3.61. The summed E-state index contributed by atoms with van der Waals surface area (Å²) in [6.45, 7) is 2.47. The van der Waals surface area contributed by atoms with Gasteiger partial charge in [0.1, 0.15) is 11.0 Å². The summed E-state index contributed by atoms with van der Waals surface area (Å²) in [4.78, 5) is 0.0825. The molecule has 2 rings (SSSR count). The van der Waals surface area contributed by atoms with E-state index in [1.54, 1.807) is 19.1 Å². The van der Waals surface area contributed by atoms with E-state index in [1.165, 1.54) is 10.4 Å². The summed E-state index contributed by atoms with van der Waals surface area (Å²) in [5.41, 5.74) is 6.62. The summed E-state index contributed by atoms with van der Waals surface area (Å²) in [5.74, 6) is 0. The Morgan fingerprint density at radius 3 is 2.68 bits per heavy atom. The molecule has 1 heterocycles. The fourth-order valence-electron chi connectivity index (χ4n) is 2.11. The second-order valence-corrected chi connectivity index (χ2v) is 6.38. The van der Waals surface area contributed by atoms with Gasteiger partial charge in [-0.05, 0) is 25.0 Å². The van der Waals surface area contributed by atoms with Crippen LogP contribution in [0.25, 0.3) is 0 Å². The molecule has 7 heteroatoms. The number of nitrogens with zero attached hydrogens (tertiary/aromatic N) is 2. The molecule has 0 aliphatic carbocycles. The van der Waals surface area contributed by atoms with Gasteiger partial charge >= 0.3 is 0 Å². The average Bonchev–Trinajstić information content (AvgIpc) is 2.76. The molecule has 0 bridgehead atoms. The van der Waals surface area contributed by atoms with Crippen LogP contribution in [0.5, 0.6) is 0 Å². The van der Waals surface area contributed by atoms with E-state index in [9.17, 15) is 8.42 Å². The normalized spacial score (nSPS) is 19.7. The van der Waals surface area contributed by atoms with E-state index in [4.69, 9.17) is 11.0 Å². The maximum absolute atomic E-state index is 12.4. The fourth-order valence-corrected chi connectivity index (χ4v) is 3.84. The van der Waals surface area contributed by atoms with Gasteiger partial charge in [-0.1, -0.05) is 12.1 Å². The molecule has 0 radical (unpaired) electrons. The van der Waals surface area contributed by atoms with Crippen LogP contribution in [0.1, 0.15) is 17.5 Å². The van der Waals surface area contributed by atoms with Gasteiger partial charge in [0.15, 0.2) is 0 Å². The number of aryl methyl sites for hydroxylation is 1. The van der Waals surface area contributed by atoms with Crippen LogP contribution in [0.4, 0.5) is 0 Å².